The van der Waals surface area contributed by atoms with Crippen LogP contribution in [0.25, 0.3) is 0 Å². The van der Waals surface area contributed by atoms with E-state index in [1.54, 1.807) is 6.07 Å². The van der Waals surface area contributed by atoms with Gasteiger partial charge in [-0.2, -0.15) is 0 Å². The summed E-state index contributed by atoms with van der Waals surface area (Å²) in [4.78, 5) is 0. The Balaban J connectivity index is 2.36. The lowest BCUT2D eigenvalue weighted by Crippen LogP contribution is -2.14. The third-order valence-electron chi connectivity index (χ3n) is 2.46. The molecule has 0 saturated heterocycles. The van der Waals surface area contributed by atoms with Gasteiger partial charge in [0.1, 0.15) is 5.82 Å². The maximum atomic E-state index is 13.4. The first-order valence-corrected chi connectivity index (χ1v) is 5.19. The lowest BCUT2D eigenvalue weighted by Gasteiger charge is -2.13. The molecule has 2 rings (SSSR count). The van der Waals surface area contributed by atoms with Gasteiger partial charge in [0, 0.05) is 16.1 Å². The molecule has 0 unspecified atom stereocenters. The van der Waals surface area contributed by atoms with Gasteiger partial charge in [0.15, 0.2) is 0 Å². The summed E-state index contributed by atoms with van der Waals surface area (Å²) in [5, 5.41) is 0. The van der Waals surface area contributed by atoms with Crippen molar-refractivity contribution >= 4 is 15.9 Å². The van der Waals surface area contributed by atoms with Crippen molar-refractivity contribution in [3.63, 3.8) is 0 Å². The van der Waals surface area contributed by atoms with Crippen LogP contribution in [0.5, 0.6) is 0 Å². The van der Waals surface area contributed by atoms with Gasteiger partial charge in [0.2, 0.25) is 0 Å². The van der Waals surface area contributed by atoms with Gasteiger partial charge in [-0.15, -0.1) is 0 Å². The maximum Gasteiger partial charge on any atom is 0.129 e. The molecule has 3 heteroatoms. The van der Waals surface area contributed by atoms with Gasteiger partial charge in [0.25, 0.3) is 0 Å². The molecule has 0 aliphatic heterocycles. The van der Waals surface area contributed by atoms with Crippen LogP contribution in [-0.4, -0.2) is 0 Å². The molecule has 1 nitrogen and oxygen atoms in total. The zero-order chi connectivity index (χ0) is 9.42. The first kappa shape index (κ1) is 9.16. The molecule has 2 N–H and O–H groups in total. The molecule has 0 amide bonds. The number of halogens is 2. The summed E-state index contributed by atoms with van der Waals surface area (Å²) in [7, 11) is 0. The van der Waals surface area contributed by atoms with Crippen molar-refractivity contribution < 1.29 is 4.39 Å². The SMILES string of the molecule is N[C@H](c1c(F)cccc1Br)C1CC1. The molecule has 0 heterocycles. The number of nitrogens with two attached hydrogens (primary N) is 1. The Hall–Kier alpha value is -0.410. The van der Waals surface area contributed by atoms with E-state index in [1.807, 2.05) is 6.07 Å². The van der Waals surface area contributed by atoms with Gasteiger partial charge >= 0.3 is 0 Å². The van der Waals surface area contributed by atoms with E-state index in [4.69, 9.17) is 5.73 Å². The average Bonchev–Trinajstić information content (AvgIpc) is 2.85. The van der Waals surface area contributed by atoms with Crippen molar-refractivity contribution in [2.45, 2.75) is 18.9 Å². The Morgan fingerprint density at radius 2 is 2.15 bits per heavy atom. The zero-order valence-corrected chi connectivity index (χ0v) is 8.72. The Morgan fingerprint density at radius 1 is 1.46 bits per heavy atom. The van der Waals surface area contributed by atoms with Crippen LogP contribution in [0.1, 0.15) is 24.4 Å². The van der Waals surface area contributed by atoms with Crippen molar-refractivity contribution in [1.82, 2.24) is 0 Å². The fourth-order valence-electron chi connectivity index (χ4n) is 1.52. The van der Waals surface area contributed by atoms with Gasteiger partial charge in [-0.1, -0.05) is 22.0 Å². The fraction of sp³-hybridized carbons (Fsp3) is 0.400. The molecule has 1 fully saturated rings. The van der Waals surface area contributed by atoms with Crippen LogP contribution >= 0.6 is 15.9 Å². The highest BCUT2D eigenvalue weighted by atomic mass is 79.9. The van der Waals surface area contributed by atoms with Crippen molar-refractivity contribution in [3.8, 4) is 0 Å². The maximum absolute atomic E-state index is 13.4. The van der Waals surface area contributed by atoms with E-state index in [2.05, 4.69) is 15.9 Å². The summed E-state index contributed by atoms with van der Waals surface area (Å²) in [5.74, 6) is 0.280. The first-order chi connectivity index (χ1) is 6.20. The molecule has 0 aromatic heterocycles. The molecular weight excluding hydrogens is 233 g/mol. The minimum atomic E-state index is -0.200. The number of hydrogen-bond acceptors (Lipinski definition) is 1. The molecule has 0 radical (unpaired) electrons. The summed E-state index contributed by atoms with van der Waals surface area (Å²) in [6.45, 7) is 0. The molecular formula is C10H11BrFN. The number of rotatable bonds is 2. The van der Waals surface area contributed by atoms with E-state index < -0.39 is 0 Å². The van der Waals surface area contributed by atoms with Crippen molar-refractivity contribution in [3.05, 3.63) is 34.1 Å². The second-order valence-corrected chi connectivity index (χ2v) is 4.35. The van der Waals surface area contributed by atoms with Crippen LogP contribution in [0.3, 0.4) is 0 Å². The van der Waals surface area contributed by atoms with Crippen LogP contribution in [0.2, 0.25) is 0 Å². The first-order valence-electron chi connectivity index (χ1n) is 4.39. The van der Waals surface area contributed by atoms with Crippen LogP contribution in [0.15, 0.2) is 22.7 Å². The average molecular weight is 244 g/mol. The molecule has 0 spiro atoms. The Bertz CT molecular complexity index is 302. The van der Waals surface area contributed by atoms with Crippen LogP contribution < -0.4 is 5.73 Å². The van der Waals surface area contributed by atoms with Gasteiger partial charge in [-0.3, -0.25) is 0 Å². The second kappa shape index (κ2) is 3.39. The molecule has 13 heavy (non-hydrogen) atoms. The van der Waals surface area contributed by atoms with Crippen molar-refractivity contribution in [1.29, 1.82) is 0 Å². The van der Waals surface area contributed by atoms with Gasteiger partial charge in [-0.25, -0.2) is 4.39 Å². The van der Waals surface area contributed by atoms with Gasteiger partial charge in [-0.05, 0) is 30.9 Å². The minimum Gasteiger partial charge on any atom is -0.324 e. The highest BCUT2D eigenvalue weighted by molar-refractivity contribution is 9.10. The van der Waals surface area contributed by atoms with Crippen LogP contribution in [0, 0.1) is 11.7 Å². The monoisotopic (exact) mass is 243 g/mol. The second-order valence-electron chi connectivity index (χ2n) is 3.50. The smallest absolute Gasteiger partial charge is 0.129 e. The standard InChI is InChI=1S/C10H11BrFN/c11-7-2-1-3-8(12)9(7)10(13)6-4-5-6/h1-3,6,10H,4-5,13H2/t10-/m0/s1. The van der Waals surface area contributed by atoms with Crippen molar-refractivity contribution in [2.75, 3.05) is 0 Å². The van der Waals surface area contributed by atoms with E-state index in [-0.39, 0.29) is 11.9 Å². The molecule has 1 atom stereocenters. The molecule has 1 aromatic carbocycles. The predicted molar refractivity (Wildman–Crippen MR) is 53.8 cm³/mol. The lowest BCUT2D eigenvalue weighted by atomic mass is 10.0. The molecule has 70 valence electrons. The molecule has 1 saturated carbocycles. The third kappa shape index (κ3) is 1.76. The highest BCUT2D eigenvalue weighted by Crippen LogP contribution is 2.42. The largest absolute Gasteiger partial charge is 0.324 e. The summed E-state index contributed by atoms with van der Waals surface area (Å²) in [6.07, 6.45) is 2.25. The topological polar surface area (TPSA) is 26.0 Å². The van der Waals surface area contributed by atoms with E-state index >= 15 is 0 Å². The number of hydrogen-bond donors (Lipinski definition) is 1. The van der Waals surface area contributed by atoms with E-state index in [9.17, 15) is 4.39 Å². The summed E-state index contributed by atoms with van der Waals surface area (Å²) >= 11 is 3.32. The molecule has 1 aliphatic rings. The van der Waals surface area contributed by atoms with Crippen LogP contribution in [-0.2, 0) is 0 Å². The van der Waals surface area contributed by atoms with Crippen molar-refractivity contribution in [2.24, 2.45) is 11.7 Å². The summed E-state index contributed by atoms with van der Waals surface area (Å²) in [6, 6.07) is 4.83. The predicted octanol–water partition coefficient (Wildman–Crippen LogP) is 3.00. The Kier molecular flexibility index (Phi) is 2.39. The molecule has 1 aromatic rings. The highest BCUT2D eigenvalue weighted by Gasteiger charge is 2.32. The zero-order valence-electron chi connectivity index (χ0n) is 7.13. The fourth-order valence-corrected chi connectivity index (χ4v) is 2.13. The van der Waals surface area contributed by atoms with E-state index in [0.717, 1.165) is 17.3 Å². The quantitative estimate of drug-likeness (QED) is 0.850. The van der Waals surface area contributed by atoms with Gasteiger partial charge < -0.3 is 5.73 Å². The van der Waals surface area contributed by atoms with Crippen LogP contribution in [0.4, 0.5) is 4.39 Å². The Labute approximate surface area is 85.3 Å². The Morgan fingerprint density at radius 3 is 2.69 bits per heavy atom. The summed E-state index contributed by atoms with van der Waals surface area (Å²) < 4.78 is 14.2. The van der Waals surface area contributed by atoms with E-state index in [1.165, 1.54) is 6.07 Å². The normalized spacial score (nSPS) is 18.7. The molecule has 0 bridgehead atoms. The van der Waals surface area contributed by atoms with Gasteiger partial charge in [0.05, 0.1) is 0 Å². The van der Waals surface area contributed by atoms with E-state index in [0.29, 0.717) is 11.5 Å². The summed E-state index contributed by atoms with van der Waals surface area (Å²) in [5.41, 5.74) is 6.56. The molecule has 1 aliphatic carbocycles. The minimum absolute atomic E-state index is 0.143. The number of benzene rings is 1. The lowest BCUT2D eigenvalue weighted by molar-refractivity contribution is 0.551. The third-order valence-corrected chi connectivity index (χ3v) is 3.15.